The molecule has 1 aromatic heterocycles. The summed E-state index contributed by atoms with van der Waals surface area (Å²) in [5.74, 6) is 0.637. The lowest BCUT2D eigenvalue weighted by Crippen LogP contribution is -2.09. The quantitative estimate of drug-likeness (QED) is 0.166. The van der Waals surface area contributed by atoms with Gasteiger partial charge in [0.25, 0.3) is 0 Å². The summed E-state index contributed by atoms with van der Waals surface area (Å²) in [4.78, 5) is 7.31. The molecule has 0 bridgehead atoms. The maximum atomic E-state index is 6.24. The molecule has 9 aromatic rings. The Morgan fingerprint density at radius 1 is 0.481 bits per heavy atom. The second kappa shape index (κ2) is 13.5. The van der Waals surface area contributed by atoms with Crippen LogP contribution in [0.4, 0.5) is 17.1 Å². The molecule has 0 atom stereocenters. The van der Waals surface area contributed by atoms with Crippen molar-refractivity contribution in [2.45, 2.75) is 12.8 Å². The van der Waals surface area contributed by atoms with Crippen molar-refractivity contribution >= 4 is 45.0 Å². The van der Waals surface area contributed by atoms with E-state index >= 15 is 0 Å². The Kier molecular flexibility index (Phi) is 7.96. The van der Waals surface area contributed by atoms with Gasteiger partial charge in [-0.3, -0.25) is 0 Å². The van der Waals surface area contributed by atoms with Gasteiger partial charge in [0, 0.05) is 28.0 Å². The van der Waals surface area contributed by atoms with E-state index in [1.165, 1.54) is 33.4 Å². The highest BCUT2D eigenvalue weighted by molar-refractivity contribution is 6.11. The number of fused-ring (bicyclic) bond motifs is 4. The van der Waals surface area contributed by atoms with Crippen LogP contribution in [-0.4, -0.2) is 4.98 Å². The summed E-state index contributed by atoms with van der Waals surface area (Å²) in [5, 5.41) is 2.24. The number of hydrogen-bond donors (Lipinski definition) is 0. The van der Waals surface area contributed by atoms with Gasteiger partial charge in [0.2, 0.25) is 5.89 Å². The summed E-state index contributed by atoms with van der Waals surface area (Å²) in [6.45, 7) is 0. The van der Waals surface area contributed by atoms with Gasteiger partial charge in [-0.15, -0.1) is 0 Å². The Labute approximate surface area is 315 Å². The minimum atomic E-state index is 0.637. The first kappa shape index (κ1) is 31.7. The molecule has 1 aliphatic carbocycles. The molecule has 0 saturated carbocycles. The van der Waals surface area contributed by atoms with Crippen molar-refractivity contribution < 1.29 is 4.42 Å². The lowest BCUT2D eigenvalue weighted by atomic mass is 9.93. The van der Waals surface area contributed by atoms with Crippen molar-refractivity contribution in [3.05, 3.63) is 199 Å². The fourth-order valence-electron chi connectivity index (χ4n) is 7.79. The average Bonchev–Trinajstić information content (AvgIpc) is 3.70. The molecule has 0 saturated heterocycles. The van der Waals surface area contributed by atoms with Crippen LogP contribution in [0.5, 0.6) is 0 Å². The van der Waals surface area contributed by atoms with Crippen molar-refractivity contribution in [3.63, 3.8) is 0 Å². The van der Waals surface area contributed by atoms with E-state index in [1.807, 2.05) is 36.4 Å². The smallest absolute Gasteiger partial charge is 0.227 e. The Bertz CT molecular complexity index is 2780. The Hall–Kier alpha value is -6.97. The molecule has 256 valence electrons. The highest BCUT2D eigenvalue weighted by Gasteiger charge is 2.16. The number of allylic oxidation sites excluding steroid dienone is 1. The van der Waals surface area contributed by atoms with Crippen LogP contribution in [-0.2, 0) is 6.42 Å². The first-order valence-electron chi connectivity index (χ1n) is 18.6. The molecule has 10 rings (SSSR count). The fraction of sp³-hybridized carbons (Fsp3) is 0.0392. The van der Waals surface area contributed by atoms with Crippen LogP contribution >= 0.6 is 0 Å². The van der Waals surface area contributed by atoms with Crippen molar-refractivity contribution in [3.8, 4) is 44.8 Å². The average molecular weight is 693 g/mol. The van der Waals surface area contributed by atoms with E-state index in [4.69, 9.17) is 9.40 Å². The summed E-state index contributed by atoms with van der Waals surface area (Å²) in [6.07, 6.45) is 6.73. The predicted octanol–water partition coefficient (Wildman–Crippen LogP) is 14.1. The van der Waals surface area contributed by atoms with Crippen molar-refractivity contribution in [1.82, 2.24) is 4.98 Å². The number of rotatable bonds is 7. The maximum Gasteiger partial charge on any atom is 0.227 e. The zero-order valence-electron chi connectivity index (χ0n) is 29.7. The minimum Gasteiger partial charge on any atom is -0.436 e. The number of nitrogens with zero attached hydrogens (tertiary/aromatic N) is 2. The van der Waals surface area contributed by atoms with Crippen LogP contribution in [0.1, 0.15) is 17.5 Å². The predicted molar refractivity (Wildman–Crippen MR) is 225 cm³/mol. The molecule has 3 nitrogen and oxygen atoms in total. The molecule has 0 aliphatic heterocycles. The van der Waals surface area contributed by atoms with Gasteiger partial charge in [0.15, 0.2) is 5.58 Å². The second-order valence-corrected chi connectivity index (χ2v) is 13.9. The van der Waals surface area contributed by atoms with E-state index in [0.29, 0.717) is 5.89 Å². The van der Waals surface area contributed by atoms with Crippen molar-refractivity contribution in [2.75, 3.05) is 4.90 Å². The third kappa shape index (κ3) is 5.86. The fourth-order valence-corrected chi connectivity index (χ4v) is 7.79. The molecule has 0 radical (unpaired) electrons. The lowest BCUT2D eigenvalue weighted by Gasteiger charge is -2.26. The van der Waals surface area contributed by atoms with Crippen LogP contribution in [0, 0.1) is 0 Å². The number of para-hydroxylation sites is 1. The summed E-state index contributed by atoms with van der Waals surface area (Å²) in [7, 11) is 0. The van der Waals surface area contributed by atoms with E-state index in [-0.39, 0.29) is 0 Å². The van der Waals surface area contributed by atoms with Gasteiger partial charge >= 0.3 is 0 Å². The van der Waals surface area contributed by atoms with Gasteiger partial charge in [-0.05, 0) is 117 Å². The van der Waals surface area contributed by atoms with Crippen LogP contribution in [0.15, 0.2) is 192 Å². The number of aromatic nitrogens is 1. The molecule has 0 spiro atoms. The third-order valence-electron chi connectivity index (χ3n) is 10.6. The SMILES string of the molecule is C1=Cc2ccc(-c3ccc(N(c4ccccc4)c4ccc(-c5ccc(-c6cccc7ccc8oc(-c9ccccc9)nc8c67)cc5)cc4)cc3)cc2CC1. The summed E-state index contributed by atoms with van der Waals surface area (Å²) in [5.41, 5.74) is 15.9. The van der Waals surface area contributed by atoms with E-state index < -0.39 is 0 Å². The van der Waals surface area contributed by atoms with Gasteiger partial charge < -0.3 is 9.32 Å². The van der Waals surface area contributed by atoms with Gasteiger partial charge in [0.1, 0.15) is 5.52 Å². The molecule has 8 aromatic carbocycles. The summed E-state index contributed by atoms with van der Waals surface area (Å²) in [6, 6.07) is 64.8. The number of oxazole rings is 1. The molecule has 0 amide bonds. The Morgan fingerprint density at radius 3 is 1.81 bits per heavy atom. The number of benzene rings is 8. The first-order valence-corrected chi connectivity index (χ1v) is 18.6. The van der Waals surface area contributed by atoms with Crippen LogP contribution in [0.25, 0.3) is 72.8 Å². The van der Waals surface area contributed by atoms with Crippen LogP contribution in [0.3, 0.4) is 0 Å². The van der Waals surface area contributed by atoms with E-state index in [1.54, 1.807) is 0 Å². The highest BCUT2D eigenvalue weighted by atomic mass is 16.3. The summed E-state index contributed by atoms with van der Waals surface area (Å²) >= 11 is 0. The highest BCUT2D eigenvalue weighted by Crippen LogP contribution is 2.39. The standard InChI is InChI=1S/C51H36N2O/c1-3-11-41(12-4-1)51-52-50-48(54-51)33-28-40-14-9-17-47(49(40)50)39-21-18-36(19-22-39)37-24-29-45(30-25-37)53(44-15-5-2-6-16-44)46-31-26-38(27-32-46)43-23-20-35-10-7-8-13-42(35)34-43/h1-7,9-12,14-34H,8,13H2. The van der Waals surface area contributed by atoms with E-state index in [9.17, 15) is 0 Å². The van der Waals surface area contributed by atoms with Gasteiger partial charge in [-0.1, -0.05) is 140 Å². The molecule has 54 heavy (non-hydrogen) atoms. The normalized spacial score (nSPS) is 12.2. The van der Waals surface area contributed by atoms with Gasteiger partial charge in [-0.25, -0.2) is 4.98 Å². The van der Waals surface area contributed by atoms with Crippen LogP contribution < -0.4 is 4.90 Å². The van der Waals surface area contributed by atoms with E-state index in [2.05, 4.69) is 163 Å². The van der Waals surface area contributed by atoms with Gasteiger partial charge in [-0.2, -0.15) is 0 Å². The van der Waals surface area contributed by atoms with Crippen molar-refractivity contribution in [1.29, 1.82) is 0 Å². The Balaban J connectivity index is 0.949. The molecule has 3 heteroatoms. The zero-order valence-corrected chi connectivity index (χ0v) is 29.7. The minimum absolute atomic E-state index is 0.637. The summed E-state index contributed by atoms with van der Waals surface area (Å²) < 4.78 is 6.24. The van der Waals surface area contributed by atoms with E-state index in [0.717, 1.165) is 68.5 Å². The number of hydrogen-bond acceptors (Lipinski definition) is 3. The van der Waals surface area contributed by atoms with Crippen LogP contribution in [0.2, 0.25) is 0 Å². The largest absolute Gasteiger partial charge is 0.436 e. The molecule has 0 fully saturated rings. The second-order valence-electron chi connectivity index (χ2n) is 13.9. The number of aryl methyl sites for hydroxylation is 1. The topological polar surface area (TPSA) is 29.3 Å². The number of anilines is 3. The molecular formula is C51H36N2O. The molecule has 1 heterocycles. The third-order valence-corrected chi connectivity index (χ3v) is 10.6. The Morgan fingerprint density at radius 2 is 1.09 bits per heavy atom. The molecular weight excluding hydrogens is 657 g/mol. The lowest BCUT2D eigenvalue weighted by molar-refractivity contribution is 0.620. The molecule has 0 unspecified atom stereocenters. The first-order chi connectivity index (χ1) is 26.7. The maximum absolute atomic E-state index is 6.24. The monoisotopic (exact) mass is 692 g/mol. The van der Waals surface area contributed by atoms with Gasteiger partial charge in [0.05, 0.1) is 0 Å². The molecule has 1 aliphatic rings. The molecule has 0 N–H and O–H groups in total. The van der Waals surface area contributed by atoms with Crippen molar-refractivity contribution in [2.24, 2.45) is 0 Å². The zero-order chi connectivity index (χ0) is 35.8.